The Kier molecular flexibility index (Phi) is 8.65. The van der Waals surface area contributed by atoms with Crippen LogP contribution in [0.15, 0.2) is 17.5 Å². The lowest BCUT2D eigenvalue weighted by molar-refractivity contribution is -0.143. The summed E-state index contributed by atoms with van der Waals surface area (Å²) in [5, 5.41) is 4.40. The maximum atomic E-state index is 13.1. The highest BCUT2D eigenvalue weighted by atomic mass is 35.5. The number of nitrogens with zero attached hydrogens (tertiary/aromatic N) is 3. The van der Waals surface area contributed by atoms with Crippen molar-refractivity contribution in [2.75, 3.05) is 52.4 Å². The van der Waals surface area contributed by atoms with Crippen LogP contribution in [0.4, 0.5) is 0 Å². The molecule has 0 radical (unpaired) electrons. The highest BCUT2D eigenvalue weighted by Crippen LogP contribution is 2.23. The monoisotopic (exact) mass is 529 g/mol. The number of thiophene rings is 1. The lowest BCUT2D eigenvalue weighted by Crippen LogP contribution is -2.55. The summed E-state index contributed by atoms with van der Waals surface area (Å²) in [5.41, 5.74) is 0. The minimum atomic E-state index is -3.82. The first kappa shape index (κ1) is 25.6. The molecule has 2 N–H and O–H groups in total. The molecule has 12 heteroatoms. The molecule has 3 saturated heterocycles. The summed E-state index contributed by atoms with van der Waals surface area (Å²) in [5.74, 6) is -0.391. The van der Waals surface area contributed by atoms with Gasteiger partial charge in [0.1, 0.15) is 6.04 Å². The zero-order valence-electron chi connectivity index (χ0n) is 19.1. The second-order valence-electron chi connectivity index (χ2n) is 9.00. The van der Waals surface area contributed by atoms with E-state index < -0.39 is 16.1 Å². The Morgan fingerprint density at radius 3 is 2.68 bits per heavy atom. The SMILES string of the molecule is O=C1[C@@H](NS(=O)(=O)C=Cc2ccc(Cl)s2)CCCN1CC(=O)N1CCC[C@H]1CN1CCNCC1. The molecule has 0 aliphatic carbocycles. The summed E-state index contributed by atoms with van der Waals surface area (Å²) < 4.78 is 28.1. The first-order valence-electron chi connectivity index (χ1n) is 11.8. The predicted molar refractivity (Wildman–Crippen MR) is 134 cm³/mol. The number of piperidine rings is 1. The number of nitrogens with one attached hydrogen (secondary N) is 2. The zero-order valence-corrected chi connectivity index (χ0v) is 21.5. The van der Waals surface area contributed by atoms with Crippen molar-refractivity contribution in [1.29, 1.82) is 0 Å². The molecule has 3 fully saturated rings. The zero-order chi connectivity index (χ0) is 24.1. The van der Waals surface area contributed by atoms with Gasteiger partial charge in [-0.3, -0.25) is 14.5 Å². The molecular formula is C22H32ClN5O4S2. The molecule has 2 atom stereocenters. The summed E-state index contributed by atoms with van der Waals surface area (Å²) in [7, 11) is -3.82. The number of likely N-dealkylation sites (tertiary alicyclic amines) is 2. The number of carbonyl (C=O) groups excluding carboxylic acids is 2. The van der Waals surface area contributed by atoms with Crippen molar-refractivity contribution in [3.8, 4) is 0 Å². The molecular weight excluding hydrogens is 498 g/mol. The molecule has 0 aromatic carbocycles. The van der Waals surface area contributed by atoms with Crippen molar-refractivity contribution in [2.24, 2.45) is 0 Å². The number of rotatable bonds is 8. The van der Waals surface area contributed by atoms with E-state index in [2.05, 4.69) is 14.9 Å². The van der Waals surface area contributed by atoms with Gasteiger partial charge in [0.05, 0.1) is 10.9 Å². The second kappa shape index (κ2) is 11.5. The first-order chi connectivity index (χ1) is 16.3. The Morgan fingerprint density at radius 1 is 1.18 bits per heavy atom. The topological polar surface area (TPSA) is 102 Å². The lowest BCUT2D eigenvalue weighted by atomic mass is 10.1. The third-order valence-electron chi connectivity index (χ3n) is 6.54. The van der Waals surface area contributed by atoms with E-state index in [0.29, 0.717) is 35.1 Å². The fourth-order valence-electron chi connectivity index (χ4n) is 4.82. The Morgan fingerprint density at radius 2 is 1.94 bits per heavy atom. The van der Waals surface area contributed by atoms with Gasteiger partial charge in [-0.1, -0.05) is 11.6 Å². The summed E-state index contributed by atoms with van der Waals surface area (Å²) in [6.07, 6.45) is 4.46. The van der Waals surface area contributed by atoms with Crippen molar-refractivity contribution in [3.63, 3.8) is 0 Å². The van der Waals surface area contributed by atoms with E-state index in [1.165, 1.54) is 22.3 Å². The molecule has 1 aromatic heterocycles. The van der Waals surface area contributed by atoms with Gasteiger partial charge >= 0.3 is 0 Å². The number of hydrogen-bond acceptors (Lipinski definition) is 7. The van der Waals surface area contributed by atoms with Gasteiger partial charge in [-0.2, -0.15) is 4.72 Å². The van der Waals surface area contributed by atoms with Gasteiger partial charge in [0.2, 0.25) is 21.8 Å². The molecule has 4 heterocycles. The third-order valence-corrected chi connectivity index (χ3v) is 8.85. The molecule has 1 aromatic rings. The molecule has 2 amide bonds. The average molecular weight is 530 g/mol. The Balaban J connectivity index is 1.32. The maximum Gasteiger partial charge on any atom is 0.242 e. The van der Waals surface area contributed by atoms with Crippen LogP contribution in [0.25, 0.3) is 6.08 Å². The van der Waals surface area contributed by atoms with E-state index in [9.17, 15) is 18.0 Å². The fourth-order valence-corrected chi connectivity index (χ4v) is 6.89. The van der Waals surface area contributed by atoms with Crippen LogP contribution in [0.1, 0.15) is 30.6 Å². The lowest BCUT2D eigenvalue weighted by Gasteiger charge is -2.36. The number of carbonyl (C=O) groups is 2. The van der Waals surface area contributed by atoms with Crippen LogP contribution in [0.5, 0.6) is 0 Å². The smallest absolute Gasteiger partial charge is 0.242 e. The van der Waals surface area contributed by atoms with Crippen molar-refractivity contribution in [3.05, 3.63) is 26.8 Å². The van der Waals surface area contributed by atoms with Gasteiger partial charge in [-0.15, -0.1) is 11.3 Å². The molecule has 9 nitrogen and oxygen atoms in total. The molecule has 3 aliphatic rings. The van der Waals surface area contributed by atoms with Gasteiger partial charge in [0, 0.05) is 62.1 Å². The van der Waals surface area contributed by atoms with Crippen molar-refractivity contribution in [1.82, 2.24) is 24.7 Å². The maximum absolute atomic E-state index is 13.1. The summed E-state index contributed by atoms with van der Waals surface area (Å²) in [6.45, 7) is 5.95. The molecule has 4 rings (SSSR count). The molecule has 0 unspecified atom stereocenters. The summed E-state index contributed by atoms with van der Waals surface area (Å²) in [4.78, 5) is 32.6. The Hall–Kier alpha value is -1.50. The van der Waals surface area contributed by atoms with Crippen LogP contribution in [-0.4, -0.2) is 99.4 Å². The normalized spacial score (nSPS) is 24.9. The molecule has 34 heavy (non-hydrogen) atoms. The van der Waals surface area contributed by atoms with E-state index in [-0.39, 0.29) is 24.4 Å². The fraction of sp³-hybridized carbons (Fsp3) is 0.636. The highest BCUT2D eigenvalue weighted by Gasteiger charge is 2.35. The summed E-state index contributed by atoms with van der Waals surface area (Å²) >= 11 is 7.15. The molecule has 0 spiro atoms. The van der Waals surface area contributed by atoms with E-state index in [4.69, 9.17) is 11.6 Å². The number of sulfonamides is 1. The van der Waals surface area contributed by atoms with Crippen LogP contribution in [0, 0.1) is 0 Å². The summed E-state index contributed by atoms with van der Waals surface area (Å²) in [6, 6.07) is 2.74. The first-order valence-corrected chi connectivity index (χ1v) is 14.5. The van der Waals surface area contributed by atoms with E-state index in [0.717, 1.165) is 51.0 Å². The van der Waals surface area contributed by atoms with Crippen molar-refractivity contribution in [2.45, 2.75) is 37.8 Å². The van der Waals surface area contributed by atoms with Crippen LogP contribution in [0.3, 0.4) is 0 Å². The Labute approximate surface area is 210 Å². The average Bonchev–Trinajstić information content (AvgIpc) is 3.44. The second-order valence-corrected chi connectivity index (χ2v) is 12.3. The van der Waals surface area contributed by atoms with Crippen LogP contribution in [-0.2, 0) is 19.6 Å². The third kappa shape index (κ3) is 6.79. The van der Waals surface area contributed by atoms with Gasteiger partial charge < -0.3 is 15.1 Å². The number of amides is 2. The number of hydrogen-bond donors (Lipinski definition) is 2. The van der Waals surface area contributed by atoms with Gasteiger partial charge in [0.15, 0.2) is 0 Å². The van der Waals surface area contributed by atoms with E-state index in [1.54, 1.807) is 12.1 Å². The minimum Gasteiger partial charge on any atom is -0.337 e. The molecule has 0 saturated carbocycles. The number of piperazine rings is 1. The molecule has 0 bridgehead atoms. The van der Waals surface area contributed by atoms with Crippen molar-refractivity contribution >= 4 is 50.9 Å². The van der Waals surface area contributed by atoms with Crippen molar-refractivity contribution < 1.29 is 18.0 Å². The quantitative estimate of drug-likeness (QED) is 0.524. The van der Waals surface area contributed by atoms with Crippen LogP contribution in [0.2, 0.25) is 4.34 Å². The van der Waals surface area contributed by atoms with Crippen LogP contribution < -0.4 is 10.0 Å². The van der Waals surface area contributed by atoms with Gasteiger partial charge in [-0.25, -0.2) is 8.42 Å². The standard InChI is InChI=1S/C22H32ClN5O4S2/c23-20-6-5-18(33-20)7-14-34(31,32)25-19-4-2-10-27(22(19)30)16-21(29)28-11-1-3-17(28)15-26-12-8-24-9-13-26/h5-7,14,17,19,24-25H,1-4,8-13,15-16H2/t17-,19-/m0/s1. The Bertz CT molecular complexity index is 1010. The predicted octanol–water partition coefficient (Wildman–Crippen LogP) is 1.18. The highest BCUT2D eigenvalue weighted by molar-refractivity contribution is 7.92. The van der Waals surface area contributed by atoms with Gasteiger partial charge in [0.25, 0.3) is 0 Å². The van der Waals surface area contributed by atoms with Crippen LogP contribution >= 0.6 is 22.9 Å². The minimum absolute atomic E-state index is 0.00134. The molecule has 3 aliphatic heterocycles. The largest absolute Gasteiger partial charge is 0.337 e. The number of halogens is 1. The van der Waals surface area contributed by atoms with E-state index in [1.807, 2.05) is 4.90 Å². The van der Waals surface area contributed by atoms with Gasteiger partial charge in [-0.05, 0) is 43.9 Å². The molecule has 188 valence electrons. The van der Waals surface area contributed by atoms with E-state index >= 15 is 0 Å².